The van der Waals surface area contributed by atoms with Crippen LogP contribution < -0.4 is 14.4 Å². The first-order chi connectivity index (χ1) is 14.2. The summed E-state index contributed by atoms with van der Waals surface area (Å²) in [5.41, 5.74) is 3.47. The second-order valence-electron chi connectivity index (χ2n) is 7.22. The van der Waals surface area contributed by atoms with Crippen molar-refractivity contribution in [2.75, 3.05) is 37.9 Å². The van der Waals surface area contributed by atoms with Crippen LogP contribution in [0.2, 0.25) is 0 Å². The lowest BCUT2D eigenvalue weighted by Gasteiger charge is -2.35. The van der Waals surface area contributed by atoms with Crippen molar-refractivity contribution in [1.82, 2.24) is 14.7 Å². The minimum atomic E-state index is -0.0275. The Morgan fingerprint density at radius 3 is 2.48 bits per heavy atom. The molecule has 0 spiro atoms. The Balaban J connectivity index is 1.31. The molecule has 0 aliphatic carbocycles. The van der Waals surface area contributed by atoms with Gasteiger partial charge in [0.1, 0.15) is 0 Å². The maximum Gasteiger partial charge on any atom is 0.274 e. The molecule has 2 aromatic carbocycles. The van der Waals surface area contributed by atoms with Gasteiger partial charge in [-0.25, -0.2) is 0 Å². The Kier molecular flexibility index (Phi) is 4.35. The van der Waals surface area contributed by atoms with Crippen LogP contribution >= 0.6 is 0 Å². The lowest BCUT2D eigenvalue weighted by Crippen LogP contribution is -2.48. The van der Waals surface area contributed by atoms with E-state index in [4.69, 9.17) is 9.47 Å². The van der Waals surface area contributed by atoms with E-state index in [0.717, 1.165) is 30.1 Å². The van der Waals surface area contributed by atoms with Gasteiger partial charge in [-0.3, -0.25) is 9.48 Å². The third-order valence-electron chi connectivity index (χ3n) is 5.46. The number of ether oxygens (including phenoxy) is 2. The Morgan fingerprint density at radius 2 is 1.69 bits per heavy atom. The lowest BCUT2D eigenvalue weighted by molar-refractivity contribution is 0.0740. The third kappa shape index (κ3) is 3.29. The van der Waals surface area contributed by atoms with Gasteiger partial charge in [-0.15, -0.1) is 0 Å². The fourth-order valence-corrected chi connectivity index (χ4v) is 3.87. The minimum Gasteiger partial charge on any atom is -0.454 e. The molecule has 0 saturated carbocycles. The van der Waals surface area contributed by atoms with Crippen molar-refractivity contribution >= 4 is 11.6 Å². The molecule has 5 rings (SSSR count). The molecular formula is C22H22N4O3. The Morgan fingerprint density at radius 1 is 0.931 bits per heavy atom. The van der Waals surface area contributed by atoms with E-state index < -0.39 is 0 Å². The van der Waals surface area contributed by atoms with E-state index in [0.29, 0.717) is 24.5 Å². The number of aromatic nitrogens is 2. The zero-order valence-electron chi connectivity index (χ0n) is 16.2. The molecule has 0 N–H and O–H groups in total. The normalized spacial score (nSPS) is 15.6. The van der Waals surface area contributed by atoms with Crippen LogP contribution in [0, 0.1) is 0 Å². The fourth-order valence-electron chi connectivity index (χ4n) is 3.87. The van der Waals surface area contributed by atoms with Gasteiger partial charge >= 0.3 is 0 Å². The summed E-state index contributed by atoms with van der Waals surface area (Å²) in [5, 5.41) is 4.47. The average molecular weight is 390 g/mol. The molecule has 29 heavy (non-hydrogen) atoms. The number of hydrogen-bond acceptors (Lipinski definition) is 5. The summed E-state index contributed by atoms with van der Waals surface area (Å²) < 4.78 is 12.6. The first-order valence-corrected chi connectivity index (χ1v) is 9.72. The lowest BCUT2D eigenvalue weighted by atomic mass is 10.1. The molecule has 0 bridgehead atoms. The van der Waals surface area contributed by atoms with E-state index in [-0.39, 0.29) is 12.7 Å². The molecule has 148 valence electrons. The van der Waals surface area contributed by atoms with Gasteiger partial charge in [-0.2, -0.15) is 5.10 Å². The summed E-state index contributed by atoms with van der Waals surface area (Å²) >= 11 is 0. The van der Waals surface area contributed by atoms with Crippen molar-refractivity contribution in [2.45, 2.75) is 0 Å². The van der Waals surface area contributed by atoms with E-state index >= 15 is 0 Å². The zero-order valence-corrected chi connectivity index (χ0v) is 16.2. The SMILES string of the molecule is Cn1nc(C(=O)N2CCN(c3ccccc3)CC2)cc1-c1ccc2c(c1)OCO2. The molecular weight excluding hydrogens is 368 g/mol. The summed E-state index contributed by atoms with van der Waals surface area (Å²) in [7, 11) is 1.85. The topological polar surface area (TPSA) is 59.8 Å². The highest BCUT2D eigenvalue weighted by Crippen LogP contribution is 2.36. The number of amides is 1. The molecule has 1 aromatic heterocycles. The quantitative estimate of drug-likeness (QED) is 0.688. The van der Waals surface area contributed by atoms with Crippen LogP contribution in [0.1, 0.15) is 10.5 Å². The second-order valence-corrected chi connectivity index (χ2v) is 7.22. The standard InChI is InChI=1S/C22H22N4O3/c1-24-19(16-7-8-20-21(13-16)29-15-28-20)14-18(23-24)22(27)26-11-9-25(10-12-26)17-5-3-2-4-6-17/h2-8,13-14H,9-12,15H2,1H3. The van der Waals surface area contributed by atoms with Crippen LogP contribution in [0.4, 0.5) is 5.69 Å². The number of fused-ring (bicyclic) bond motifs is 1. The number of carbonyl (C=O) groups excluding carboxylic acids is 1. The van der Waals surface area contributed by atoms with Gasteiger partial charge in [0.05, 0.1) is 5.69 Å². The first kappa shape index (κ1) is 17.6. The van der Waals surface area contributed by atoms with Gasteiger partial charge in [0.25, 0.3) is 5.91 Å². The number of aryl methyl sites for hydroxylation is 1. The molecule has 0 radical (unpaired) electrons. The van der Waals surface area contributed by atoms with Gasteiger partial charge in [0.15, 0.2) is 17.2 Å². The number of carbonyl (C=O) groups is 1. The smallest absolute Gasteiger partial charge is 0.274 e. The number of rotatable bonds is 3. The van der Waals surface area contributed by atoms with Crippen molar-refractivity contribution in [2.24, 2.45) is 7.05 Å². The average Bonchev–Trinajstić information content (AvgIpc) is 3.40. The number of piperazine rings is 1. The Bertz CT molecular complexity index is 1040. The summed E-state index contributed by atoms with van der Waals surface area (Å²) in [6, 6.07) is 17.9. The number of anilines is 1. The van der Waals surface area contributed by atoms with E-state index in [9.17, 15) is 4.79 Å². The molecule has 0 unspecified atom stereocenters. The van der Waals surface area contributed by atoms with Crippen LogP contribution in [-0.2, 0) is 7.05 Å². The molecule has 0 atom stereocenters. The summed E-state index contributed by atoms with van der Waals surface area (Å²) in [6.45, 7) is 3.24. The van der Waals surface area contributed by atoms with Gasteiger partial charge in [0.2, 0.25) is 6.79 Å². The number of hydrogen-bond donors (Lipinski definition) is 0. The van der Waals surface area contributed by atoms with Crippen LogP contribution in [0.15, 0.2) is 54.6 Å². The van der Waals surface area contributed by atoms with Crippen molar-refractivity contribution < 1.29 is 14.3 Å². The van der Waals surface area contributed by atoms with Gasteiger partial charge in [0, 0.05) is 44.5 Å². The predicted molar refractivity (Wildman–Crippen MR) is 109 cm³/mol. The van der Waals surface area contributed by atoms with Crippen LogP contribution in [0.5, 0.6) is 11.5 Å². The number of para-hydroxylation sites is 1. The van der Waals surface area contributed by atoms with E-state index in [1.54, 1.807) is 4.68 Å². The minimum absolute atomic E-state index is 0.0275. The molecule has 1 amide bonds. The monoisotopic (exact) mass is 390 g/mol. The zero-order chi connectivity index (χ0) is 19.8. The fraction of sp³-hybridized carbons (Fsp3) is 0.273. The maximum absolute atomic E-state index is 13.0. The van der Waals surface area contributed by atoms with Crippen LogP contribution in [-0.4, -0.2) is 53.6 Å². The van der Waals surface area contributed by atoms with E-state index in [1.165, 1.54) is 5.69 Å². The molecule has 3 heterocycles. The highest BCUT2D eigenvalue weighted by Gasteiger charge is 2.25. The number of benzene rings is 2. The van der Waals surface area contributed by atoms with Gasteiger partial charge in [-0.05, 0) is 36.4 Å². The first-order valence-electron chi connectivity index (χ1n) is 9.72. The summed E-state index contributed by atoms with van der Waals surface area (Å²) in [5.74, 6) is 1.43. The second kappa shape index (κ2) is 7.16. The number of nitrogens with zero attached hydrogens (tertiary/aromatic N) is 4. The molecule has 2 aliphatic rings. The van der Waals surface area contributed by atoms with E-state index in [1.807, 2.05) is 54.4 Å². The highest BCUT2D eigenvalue weighted by molar-refractivity contribution is 5.93. The molecule has 3 aromatic rings. The predicted octanol–water partition coefficient (Wildman–Crippen LogP) is 2.78. The van der Waals surface area contributed by atoms with Gasteiger partial charge < -0.3 is 19.3 Å². The van der Waals surface area contributed by atoms with Crippen molar-refractivity contribution in [1.29, 1.82) is 0 Å². The Labute approximate surface area is 169 Å². The summed E-state index contributed by atoms with van der Waals surface area (Å²) in [4.78, 5) is 17.2. The molecule has 1 saturated heterocycles. The Hall–Kier alpha value is -3.48. The highest BCUT2D eigenvalue weighted by atomic mass is 16.7. The van der Waals surface area contributed by atoms with E-state index in [2.05, 4.69) is 22.1 Å². The largest absolute Gasteiger partial charge is 0.454 e. The molecule has 2 aliphatic heterocycles. The molecule has 1 fully saturated rings. The van der Waals surface area contributed by atoms with Crippen molar-refractivity contribution in [3.05, 3.63) is 60.3 Å². The third-order valence-corrected chi connectivity index (χ3v) is 5.46. The van der Waals surface area contributed by atoms with Crippen molar-refractivity contribution in [3.63, 3.8) is 0 Å². The van der Waals surface area contributed by atoms with Crippen LogP contribution in [0.25, 0.3) is 11.3 Å². The summed E-state index contributed by atoms with van der Waals surface area (Å²) in [6.07, 6.45) is 0. The van der Waals surface area contributed by atoms with Crippen molar-refractivity contribution in [3.8, 4) is 22.8 Å². The van der Waals surface area contributed by atoms with Gasteiger partial charge in [-0.1, -0.05) is 18.2 Å². The molecule has 7 heteroatoms. The molecule has 7 nitrogen and oxygen atoms in total. The maximum atomic E-state index is 13.0. The van der Waals surface area contributed by atoms with Crippen LogP contribution in [0.3, 0.4) is 0 Å².